The second kappa shape index (κ2) is 11.6. The van der Waals surface area contributed by atoms with E-state index < -0.39 is 32.1 Å². The number of phosphoric ester groups is 1. The highest BCUT2D eigenvalue weighted by molar-refractivity contribution is 7.45. The quantitative estimate of drug-likeness (QED) is 0.226. The van der Waals surface area contributed by atoms with Crippen LogP contribution in [0.25, 0.3) is 0 Å². The maximum absolute atomic E-state index is 13.1. The Morgan fingerprint density at radius 1 is 0.857 bits per heavy atom. The number of hydrogen-bond acceptors (Lipinski definition) is 6. The van der Waals surface area contributed by atoms with Crippen molar-refractivity contribution in [1.29, 1.82) is 0 Å². The first-order valence-electron chi connectivity index (χ1n) is 11.5. The molecule has 3 rings (SSSR count). The van der Waals surface area contributed by atoms with Crippen LogP contribution in [0.3, 0.4) is 0 Å². The van der Waals surface area contributed by atoms with Gasteiger partial charge in [0.15, 0.2) is 0 Å². The first kappa shape index (κ1) is 27.2. The summed E-state index contributed by atoms with van der Waals surface area (Å²) < 4.78 is 24.5. The van der Waals surface area contributed by atoms with E-state index in [1.165, 1.54) is 0 Å². The van der Waals surface area contributed by atoms with E-state index in [-0.39, 0.29) is 6.61 Å². The van der Waals surface area contributed by atoms with Crippen LogP contribution in [0.4, 0.5) is 0 Å². The third-order valence-corrected chi connectivity index (χ3v) is 6.89. The van der Waals surface area contributed by atoms with Crippen LogP contribution in [0.2, 0.25) is 0 Å². The van der Waals surface area contributed by atoms with Gasteiger partial charge in [-0.3, -0.25) is 4.57 Å². The van der Waals surface area contributed by atoms with E-state index in [0.29, 0.717) is 27.7 Å². The number of phosphoric acid groups is 1. The van der Waals surface area contributed by atoms with Crippen molar-refractivity contribution in [2.24, 2.45) is 0 Å². The van der Waals surface area contributed by atoms with Crippen molar-refractivity contribution in [3.63, 3.8) is 0 Å². The van der Waals surface area contributed by atoms with Gasteiger partial charge in [0, 0.05) is 0 Å². The molecule has 3 aromatic carbocycles. The Kier molecular flexibility index (Phi) is 9.02. The molecule has 0 aromatic heterocycles. The summed E-state index contributed by atoms with van der Waals surface area (Å²) in [6.07, 6.45) is -2.97. The van der Waals surface area contributed by atoms with Gasteiger partial charge in [-0.25, -0.2) is 0 Å². The van der Waals surface area contributed by atoms with E-state index in [0.717, 1.165) is 0 Å². The second-order valence-corrected chi connectivity index (χ2v) is 10.8. The smallest absolute Gasteiger partial charge is 0.268 e. The molecule has 0 aliphatic rings. The molecule has 188 valence electrons. The summed E-state index contributed by atoms with van der Waals surface area (Å²) in [5, 5.41) is 21.1. The molecule has 0 bridgehead atoms. The molecule has 0 aliphatic carbocycles. The largest absolute Gasteiger partial charge is 0.756 e. The first-order chi connectivity index (χ1) is 16.6. The lowest BCUT2D eigenvalue weighted by atomic mass is 9.64. The van der Waals surface area contributed by atoms with Crippen LogP contribution in [-0.4, -0.2) is 67.8 Å². The maximum atomic E-state index is 13.1. The average Bonchev–Trinajstić information content (AvgIpc) is 2.84. The highest BCUT2D eigenvalue weighted by Crippen LogP contribution is 2.50. The van der Waals surface area contributed by atoms with Crippen molar-refractivity contribution in [2.45, 2.75) is 17.6 Å². The van der Waals surface area contributed by atoms with Crippen molar-refractivity contribution in [2.75, 3.05) is 40.9 Å². The second-order valence-electron chi connectivity index (χ2n) is 9.48. The minimum atomic E-state index is -4.89. The molecule has 0 heterocycles. The van der Waals surface area contributed by atoms with Gasteiger partial charge in [0.1, 0.15) is 25.4 Å². The van der Waals surface area contributed by atoms with Gasteiger partial charge in [-0.15, -0.1) is 0 Å². The van der Waals surface area contributed by atoms with E-state index in [1.807, 2.05) is 112 Å². The van der Waals surface area contributed by atoms with Gasteiger partial charge in [-0.05, 0) is 16.7 Å². The summed E-state index contributed by atoms with van der Waals surface area (Å²) in [7, 11) is 0.870. The zero-order valence-corrected chi connectivity index (χ0v) is 21.3. The van der Waals surface area contributed by atoms with Gasteiger partial charge in [0.05, 0.1) is 33.2 Å². The van der Waals surface area contributed by atoms with Gasteiger partial charge in [-0.1, -0.05) is 91.0 Å². The molecule has 0 aliphatic heterocycles. The van der Waals surface area contributed by atoms with Crippen LogP contribution in [0, 0.1) is 0 Å². The number of likely N-dealkylation sites (N-methyl/N-ethyl adjacent to an activating group) is 1. The molecule has 0 amide bonds. The highest BCUT2D eigenvalue weighted by atomic mass is 31.2. The fourth-order valence-corrected chi connectivity index (χ4v) is 5.17. The Bertz CT molecular complexity index is 992. The zero-order valence-electron chi connectivity index (χ0n) is 20.4. The van der Waals surface area contributed by atoms with E-state index in [9.17, 15) is 19.7 Å². The molecule has 2 unspecified atom stereocenters. The zero-order chi connectivity index (χ0) is 25.5. The highest BCUT2D eigenvalue weighted by Gasteiger charge is 2.49. The third-order valence-electron chi connectivity index (χ3n) is 5.90. The Morgan fingerprint density at radius 2 is 1.26 bits per heavy atom. The predicted octanol–water partition coefficient (Wildman–Crippen LogP) is 2.95. The van der Waals surface area contributed by atoms with Gasteiger partial charge in [-0.2, -0.15) is 0 Å². The monoisotopic (exact) mass is 499 g/mol. The number of rotatable bonds is 12. The molecule has 2 N–H and O–H groups in total. The first-order valence-corrected chi connectivity index (χ1v) is 13.0. The summed E-state index contributed by atoms with van der Waals surface area (Å²) in [4.78, 5) is 13.1. The Balaban J connectivity index is 2.21. The fraction of sp³-hybridized carbons (Fsp3) is 0.333. The maximum Gasteiger partial charge on any atom is 0.268 e. The average molecular weight is 500 g/mol. The van der Waals surface area contributed by atoms with Gasteiger partial charge < -0.3 is 28.6 Å². The number of aliphatic hydroxyl groups excluding tert-OH is 2. The molecule has 7 nitrogen and oxygen atoms in total. The number of nitrogens with zero attached hydrogens (tertiary/aromatic N) is 1. The molecule has 0 saturated heterocycles. The number of aliphatic hydroxyl groups is 2. The van der Waals surface area contributed by atoms with Crippen LogP contribution in [0.5, 0.6) is 0 Å². The Morgan fingerprint density at radius 3 is 1.60 bits per heavy atom. The summed E-state index contributed by atoms with van der Waals surface area (Å²) >= 11 is 0. The van der Waals surface area contributed by atoms with E-state index >= 15 is 0 Å². The van der Waals surface area contributed by atoms with E-state index in [2.05, 4.69) is 0 Å². The van der Waals surface area contributed by atoms with Gasteiger partial charge >= 0.3 is 0 Å². The molecule has 3 aromatic rings. The lowest BCUT2D eigenvalue weighted by molar-refractivity contribution is -0.870. The number of quaternary nitrogens is 1. The van der Waals surface area contributed by atoms with Crippen LogP contribution < -0.4 is 4.89 Å². The minimum Gasteiger partial charge on any atom is -0.756 e. The van der Waals surface area contributed by atoms with Crippen molar-refractivity contribution in [1.82, 2.24) is 0 Å². The molecular formula is C27H34NO6P. The molecular weight excluding hydrogens is 465 g/mol. The van der Waals surface area contributed by atoms with E-state index in [4.69, 9.17) is 9.05 Å². The molecule has 0 spiro atoms. The minimum absolute atomic E-state index is 0.0821. The van der Waals surface area contributed by atoms with Gasteiger partial charge in [0.2, 0.25) is 0 Å². The van der Waals surface area contributed by atoms with Crippen molar-refractivity contribution in [3.8, 4) is 0 Å². The van der Waals surface area contributed by atoms with Crippen LogP contribution >= 0.6 is 7.82 Å². The topological polar surface area (TPSA) is 99.1 Å². The summed E-state index contributed by atoms with van der Waals surface area (Å²) in [6, 6.07) is 27.7. The van der Waals surface area contributed by atoms with Crippen molar-refractivity contribution in [3.05, 3.63) is 108 Å². The standard InChI is InChI=1S/C27H34NO6P/c1-28(2,3)19-20-33-35(31,32)34-26(25(30)21-29)27(22-13-7-4-8-14-22,23-15-9-5-10-16-23)24-17-11-6-12-18-24/h4-18,25-26,29-30H,19-21H2,1-3H3/t25-,26?/m0/s1. The Hall–Kier alpha value is -2.35. The normalized spacial score (nSPS) is 15.8. The fourth-order valence-electron chi connectivity index (χ4n) is 4.23. The summed E-state index contributed by atoms with van der Waals surface area (Å²) in [6.45, 7) is -0.358. The molecule has 0 saturated carbocycles. The summed E-state index contributed by atoms with van der Waals surface area (Å²) in [5.74, 6) is 0. The summed E-state index contributed by atoms with van der Waals surface area (Å²) in [5.41, 5.74) is 0.805. The van der Waals surface area contributed by atoms with Crippen LogP contribution in [0.15, 0.2) is 91.0 Å². The predicted molar refractivity (Wildman–Crippen MR) is 134 cm³/mol. The molecule has 0 fully saturated rings. The number of hydrogen-bond donors (Lipinski definition) is 2. The van der Waals surface area contributed by atoms with Crippen molar-refractivity contribution < 1.29 is 33.2 Å². The molecule has 3 atom stereocenters. The SMILES string of the molecule is C[N+](C)(C)CCOP(=O)([O-])OC([C@@H](O)CO)C(c1ccccc1)(c1ccccc1)c1ccccc1. The molecule has 8 heteroatoms. The van der Waals surface area contributed by atoms with Crippen molar-refractivity contribution >= 4 is 7.82 Å². The lowest BCUT2D eigenvalue weighted by Gasteiger charge is -2.45. The molecule has 0 radical (unpaired) electrons. The van der Waals surface area contributed by atoms with Crippen LogP contribution in [-0.2, 0) is 19.0 Å². The van der Waals surface area contributed by atoms with Crippen LogP contribution in [0.1, 0.15) is 16.7 Å². The third kappa shape index (κ3) is 6.66. The van der Waals surface area contributed by atoms with Gasteiger partial charge in [0.25, 0.3) is 7.82 Å². The lowest BCUT2D eigenvalue weighted by Crippen LogP contribution is -2.51. The Labute approximate surface area is 207 Å². The number of benzene rings is 3. The molecule has 35 heavy (non-hydrogen) atoms. The van der Waals surface area contributed by atoms with E-state index in [1.54, 1.807) is 0 Å².